The van der Waals surface area contributed by atoms with Gasteiger partial charge in [-0.1, -0.05) is 6.92 Å². The molecule has 1 N–H and O–H groups in total. The molecule has 100 valence electrons. The molecule has 0 aromatic rings. The van der Waals surface area contributed by atoms with Crippen LogP contribution in [-0.4, -0.2) is 44.2 Å². The van der Waals surface area contributed by atoms with Gasteiger partial charge < -0.3 is 4.90 Å². The van der Waals surface area contributed by atoms with Gasteiger partial charge >= 0.3 is 0 Å². The normalized spacial score (nSPS) is 29.2. The van der Waals surface area contributed by atoms with Crippen LogP contribution in [0, 0.1) is 5.92 Å². The fourth-order valence-electron chi connectivity index (χ4n) is 2.63. The first kappa shape index (κ1) is 13.3. The summed E-state index contributed by atoms with van der Waals surface area (Å²) < 4.78 is 26.4. The van der Waals surface area contributed by atoms with Crippen LogP contribution < -0.4 is 4.72 Å². The SMILES string of the molecule is CC1CCCN(CC(C)NS(=O)(=O)C2CC2)C1. The number of hydrogen-bond acceptors (Lipinski definition) is 3. The molecular formula is C12H24N2O2S. The van der Waals surface area contributed by atoms with E-state index < -0.39 is 10.0 Å². The molecule has 1 saturated carbocycles. The van der Waals surface area contributed by atoms with Crippen molar-refractivity contribution in [1.29, 1.82) is 0 Å². The minimum Gasteiger partial charge on any atom is -0.301 e. The Labute approximate surface area is 105 Å². The molecule has 0 aromatic carbocycles. The maximum atomic E-state index is 11.8. The lowest BCUT2D eigenvalue weighted by Crippen LogP contribution is -2.45. The van der Waals surface area contributed by atoms with Crippen molar-refractivity contribution in [3.8, 4) is 0 Å². The van der Waals surface area contributed by atoms with Crippen molar-refractivity contribution in [3.05, 3.63) is 0 Å². The first-order valence-corrected chi connectivity index (χ1v) is 8.25. The summed E-state index contributed by atoms with van der Waals surface area (Å²) in [6, 6.07) is 0.0332. The number of rotatable bonds is 5. The highest BCUT2D eigenvalue weighted by Gasteiger charge is 2.36. The molecule has 2 atom stereocenters. The van der Waals surface area contributed by atoms with Gasteiger partial charge in [0.05, 0.1) is 5.25 Å². The van der Waals surface area contributed by atoms with Gasteiger partial charge in [-0.15, -0.1) is 0 Å². The third kappa shape index (κ3) is 3.93. The Morgan fingerprint density at radius 1 is 1.35 bits per heavy atom. The molecule has 0 spiro atoms. The quantitative estimate of drug-likeness (QED) is 0.808. The average molecular weight is 260 g/mol. The summed E-state index contributed by atoms with van der Waals surface area (Å²) in [4.78, 5) is 2.38. The third-order valence-corrected chi connectivity index (χ3v) is 5.68. The Balaban J connectivity index is 1.78. The van der Waals surface area contributed by atoms with Crippen LogP contribution in [0.3, 0.4) is 0 Å². The highest BCUT2D eigenvalue weighted by molar-refractivity contribution is 7.90. The lowest BCUT2D eigenvalue weighted by Gasteiger charge is -2.32. The highest BCUT2D eigenvalue weighted by Crippen LogP contribution is 2.27. The smallest absolute Gasteiger partial charge is 0.214 e. The van der Waals surface area contributed by atoms with Gasteiger partial charge in [0, 0.05) is 19.1 Å². The minimum absolute atomic E-state index is 0.0332. The summed E-state index contributed by atoms with van der Waals surface area (Å²) >= 11 is 0. The molecule has 0 bridgehead atoms. The lowest BCUT2D eigenvalue weighted by atomic mass is 10.00. The fourth-order valence-corrected chi connectivity index (χ4v) is 4.22. The second-order valence-corrected chi connectivity index (χ2v) is 7.76. The molecule has 5 heteroatoms. The number of sulfonamides is 1. The first-order chi connectivity index (χ1) is 7.97. The van der Waals surface area contributed by atoms with E-state index in [-0.39, 0.29) is 11.3 Å². The van der Waals surface area contributed by atoms with Gasteiger partial charge in [-0.3, -0.25) is 0 Å². The van der Waals surface area contributed by atoms with Gasteiger partial charge in [-0.25, -0.2) is 13.1 Å². The summed E-state index contributed by atoms with van der Waals surface area (Å²) in [5, 5.41) is -0.106. The molecule has 2 unspecified atom stereocenters. The third-order valence-electron chi connectivity index (χ3n) is 3.60. The number of nitrogens with one attached hydrogen (secondary N) is 1. The van der Waals surface area contributed by atoms with Gasteiger partial charge in [-0.2, -0.15) is 0 Å². The Hall–Kier alpha value is -0.130. The molecule has 2 fully saturated rings. The Morgan fingerprint density at radius 3 is 2.65 bits per heavy atom. The van der Waals surface area contributed by atoms with Crippen molar-refractivity contribution < 1.29 is 8.42 Å². The zero-order valence-electron chi connectivity index (χ0n) is 10.9. The summed E-state index contributed by atoms with van der Waals surface area (Å²) in [6.07, 6.45) is 4.22. The van der Waals surface area contributed by atoms with Crippen molar-refractivity contribution >= 4 is 10.0 Å². The van der Waals surface area contributed by atoms with E-state index in [1.54, 1.807) is 0 Å². The standard InChI is InChI=1S/C12H24N2O2S/c1-10-4-3-7-14(8-10)9-11(2)13-17(15,16)12-5-6-12/h10-13H,3-9H2,1-2H3. The Morgan fingerprint density at radius 2 is 2.06 bits per heavy atom. The van der Waals surface area contributed by atoms with E-state index >= 15 is 0 Å². The van der Waals surface area contributed by atoms with E-state index in [9.17, 15) is 8.42 Å². The lowest BCUT2D eigenvalue weighted by molar-refractivity contribution is 0.174. The maximum absolute atomic E-state index is 11.8. The molecule has 0 amide bonds. The van der Waals surface area contributed by atoms with Gasteiger partial charge in [0.25, 0.3) is 0 Å². The first-order valence-electron chi connectivity index (χ1n) is 6.71. The molecule has 17 heavy (non-hydrogen) atoms. The van der Waals surface area contributed by atoms with Crippen molar-refractivity contribution in [2.75, 3.05) is 19.6 Å². The largest absolute Gasteiger partial charge is 0.301 e. The summed E-state index contributed by atoms with van der Waals surface area (Å²) in [6.45, 7) is 7.30. The minimum atomic E-state index is -3.03. The van der Waals surface area contributed by atoms with Crippen molar-refractivity contribution in [2.45, 2.75) is 50.8 Å². The predicted molar refractivity (Wildman–Crippen MR) is 69.4 cm³/mol. The number of piperidine rings is 1. The zero-order chi connectivity index (χ0) is 12.5. The number of nitrogens with zero attached hydrogens (tertiary/aromatic N) is 1. The maximum Gasteiger partial charge on any atom is 0.214 e. The average Bonchev–Trinajstić information content (AvgIpc) is 2.98. The van der Waals surface area contributed by atoms with Crippen LogP contribution in [-0.2, 0) is 10.0 Å². The van der Waals surface area contributed by atoms with Crippen LogP contribution in [0.15, 0.2) is 0 Å². The molecule has 0 radical (unpaired) electrons. The number of hydrogen-bond donors (Lipinski definition) is 1. The van der Waals surface area contributed by atoms with E-state index in [4.69, 9.17) is 0 Å². The molecule has 0 aromatic heterocycles. The van der Waals surface area contributed by atoms with E-state index in [1.807, 2.05) is 6.92 Å². The van der Waals surface area contributed by atoms with Gasteiger partial charge in [-0.05, 0) is 45.1 Å². The van der Waals surface area contributed by atoms with Crippen LogP contribution >= 0.6 is 0 Å². The second-order valence-electron chi connectivity index (χ2n) is 5.77. The monoisotopic (exact) mass is 260 g/mol. The zero-order valence-corrected chi connectivity index (χ0v) is 11.7. The van der Waals surface area contributed by atoms with E-state index in [0.29, 0.717) is 0 Å². The van der Waals surface area contributed by atoms with Gasteiger partial charge in [0.15, 0.2) is 0 Å². The van der Waals surface area contributed by atoms with Crippen LogP contribution in [0.2, 0.25) is 0 Å². The highest BCUT2D eigenvalue weighted by atomic mass is 32.2. The summed E-state index contributed by atoms with van der Waals surface area (Å²) in [5.74, 6) is 0.746. The van der Waals surface area contributed by atoms with E-state index in [1.165, 1.54) is 12.8 Å². The van der Waals surface area contributed by atoms with Crippen molar-refractivity contribution in [1.82, 2.24) is 9.62 Å². The Kier molecular flexibility index (Phi) is 4.10. The molecule has 1 aliphatic heterocycles. The summed E-state index contributed by atoms with van der Waals surface area (Å²) in [7, 11) is -3.03. The van der Waals surface area contributed by atoms with Crippen LogP contribution in [0.25, 0.3) is 0 Å². The van der Waals surface area contributed by atoms with Crippen LogP contribution in [0.1, 0.15) is 39.5 Å². The number of likely N-dealkylation sites (tertiary alicyclic amines) is 1. The molecule has 1 aliphatic carbocycles. The van der Waals surface area contributed by atoms with Gasteiger partial charge in [0.2, 0.25) is 10.0 Å². The molecule has 2 rings (SSSR count). The topological polar surface area (TPSA) is 49.4 Å². The summed E-state index contributed by atoms with van der Waals surface area (Å²) in [5.41, 5.74) is 0. The van der Waals surface area contributed by atoms with Crippen LogP contribution in [0.5, 0.6) is 0 Å². The molecule has 1 saturated heterocycles. The van der Waals surface area contributed by atoms with Gasteiger partial charge in [0.1, 0.15) is 0 Å². The molecule has 1 heterocycles. The second kappa shape index (κ2) is 5.24. The fraction of sp³-hybridized carbons (Fsp3) is 1.00. The predicted octanol–water partition coefficient (Wildman–Crippen LogP) is 1.19. The van der Waals surface area contributed by atoms with Crippen molar-refractivity contribution in [2.24, 2.45) is 5.92 Å². The van der Waals surface area contributed by atoms with Crippen LogP contribution in [0.4, 0.5) is 0 Å². The van der Waals surface area contributed by atoms with E-state index in [0.717, 1.165) is 38.4 Å². The van der Waals surface area contributed by atoms with E-state index in [2.05, 4.69) is 16.5 Å². The molecular weight excluding hydrogens is 236 g/mol. The Bertz CT molecular complexity index is 352. The molecule has 2 aliphatic rings. The van der Waals surface area contributed by atoms with Crippen molar-refractivity contribution in [3.63, 3.8) is 0 Å². The molecule has 4 nitrogen and oxygen atoms in total.